The molecule has 0 saturated carbocycles. The van der Waals surface area contributed by atoms with Crippen molar-refractivity contribution in [3.63, 3.8) is 0 Å². The number of fused-ring (bicyclic) bond motifs is 1. The van der Waals surface area contributed by atoms with Crippen molar-refractivity contribution in [2.24, 2.45) is 5.92 Å². The predicted molar refractivity (Wildman–Crippen MR) is 80.1 cm³/mol. The first-order valence-electron chi connectivity index (χ1n) is 6.60. The van der Waals surface area contributed by atoms with Gasteiger partial charge in [0.2, 0.25) is 6.10 Å². The van der Waals surface area contributed by atoms with E-state index in [-0.39, 0.29) is 12.2 Å². The largest absolute Gasteiger partial charge is 0.481 e. The highest BCUT2D eigenvalue weighted by Gasteiger charge is 2.52. The highest BCUT2D eigenvalue weighted by molar-refractivity contribution is 7.19. The van der Waals surface area contributed by atoms with Crippen LogP contribution in [-0.2, 0) is 11.2 Å². The van der Waals surface area contributed by atoms with Gasteiger partial charge in [0.25, 0.3) is 0 Å². The summed E-state index contributed by atoms with van der Waals surface area (Å²) >= 11 is 7.21. The standard InChI is InChI=1S/C15H10ClF3O3S/c16-12-4-3-11(23-12)7-1-2-10-8(5-7)6-9(14(20)21)13(22-10)15(17,18)19/h1-5,9,13H,6H2,(H,20,21)/t9-,13+/m1/s1. The summed E-state index contributed by atoms with van der Waals surface area (Å²) in [6.45, 7) is 0. The minimum absolute atomic E-state index is 0.0660. The van der Waals surface area contributed by atoms with Crippen LogP contribution in [0.3, 0.4) is 0 Å². The van der Waals surface area contributed by atoms with E-state index >= 15 is 0 Å². The van der Waals surface area contributed by atoms with Crippen LogP contribution in [0.4, 0.5) is 13.2 Å². The van der Waals surface area contributed by atoms with E-state index in [1.807, 2.05) is 0 Å². The van der Waals surface area contributed by atoms with Crippen LogP contribution in [0.1, 0.15) is 5.56 Å². The predicted octanol–water partition coefficient (Wildman–Crippen LogP) is 4.64. The maximum absolute atomic E-state index is 13.0. The highest BCUT2D eigenvalue weighted by Crippen LogP contribution is 2.41. The number of ether oxygens (including phenoxy) is 1. The van der Waals surface area contributed by atoms with Crippen LogP contribution in [0.15, 0.2) is 30.3 Å². The molecule has 0 aliphatic carbocycles. The lowest BCUT2D eigenvalue weighted by molar-refractivity contribution is -0.217. The van der Waals surface area contributed by atoms with Gasteiger partial charge in [0.05, 0.1) is 4.34 Å². The Morgan fingerprint density at radius 2 is 2.04 bits per heavy atom. The molecule has 1 aromatic carbocycles. The molecule has 3 rings (SSSR count). The van der Waals surface area contributed by atoms with E-state index in [1.165, 1.54) is 17.4 Å². The van der Waals surface area contributed by atoms with Crippen molar-refractivity contribution >= 4 is 28.9 Å². The fourth-order valence-corrected chi connectivity index (χ4v) is 3.59. The van der Waals surface area contributed by atoms with Gasteiger partial charge in [0.1, 0.15) is 11.7 Å². The second-order valence-corrected chi connectivity index (χ2v) is 6.87. The quantitative estimate of drug-likeness (QED) is 0.847. The van der Waals surface area contributed by atoms with Gasteiger partial charge in [0, 0.05) is 4.88 Å². The molecule has 0 bridgehead atoms. The Bertz CT molecular complexity index is 757. The molecule has 1 N–H and O–H groups in total. The Morgan fingerprint density at radius 3 is 2.61 bits per heavy atom. The molecule has 2 atom stereocenters. The third kappa shape index (κ3) is 3.16. The second-order valence-electron chi connectivity index (χ2n) is 5.16. The lowest BCUT2D eigenvalue weighted by atomic mass is 9.89. The molecular weight excluding hydrogens is 353 g/mol. The Hall–Kier alpha value is -1.73. The average molecular weight is 363 g/mol. The Morgan fingerprint density at radius 1 is 1.30 bits per heavy atom. The van der Waals surface area contributed by atoms with Crippen molar-refractivity contribution < 1.29 is 27.8 Å². The van der Waals surface area contributed by atoms with Crippen LogP contribution >= 0.6 is 22.9 Å². The van der Waals surface area contributed by atoms with E-state index in [1.54, 1.807) is 24.3 Å². The lowest BCUT2D eigenvalue weighted by Gasteiger charge is -2.32. The lowest BCUT2D eigenvalue weighted by Crippen LogP contribution is -2.47. The Balaban J connectivity index is 1.98. The van der Waals surface area contributed by atoms with Crippen molar-refractivity contribution in [3.8, 4) is 16.2 Å². The summed E-state index contributed by atoms with van der Waals surface area (Å²) in [5.41, 5.74) is 1.21. The Kier molecular flexibility index (Phi) is 4.01. The van der Waals surface area contributed by atoms with Crippen molar-refractivity contribution in [2.45, 2.75) is 18.7 Å². The highest BCUT2D eigenvalue weighted by atomic mass is 35.5. The van der Waals surface area contributed by atoms with Crippen LogP contribution < -0.4 is 4.74 Å². The molecule has 0 spiro atoms. The number of rotatable bonds is 2. The molecule has 1 aromatic heterocycles. The summed E-state index contributed by atoms with van der Waals surface area (Å²) in [4.78, 5) is 12.0. The first-order chi connectivity index (χ1) is 10.8. The molecule has 1 aliphatic heterocycles. The van der Waals surface area contributed by atoms with Gasteiger partial charge in [0.15, 0.2) is 0 Å². The molecule has 122 valence electrons. The van der Waals surface area contributed by atoms with Gasteiger partial charge in [-0.25, -0.2) is 0 Å². The maximum Gasteiger partial charge on any atom is 0.426 e. The van der Waals surface area contributed by atoms with Gasteiger partial charge in [-0.1, -0.05) is 11.6 Å². The molecule has 1 aliphatic rings. The third-order valence-electron chi connectivity index (χ3n) is 3.62. The van der Waals surface area contributed by atoms with Gasteiger partial charge in [-0.3, -0.25) is 4.79 Å². The van der Waals surface area contributed by atoms with Crippen LogP contribution in [-0.4, -0.2) is 23.4 Å². The number of hydrogen-bond donors (Lipinski definition) is 1. The second kappa shape index (κ2) is 5.72. The normalized spacial score (nSPS) is 20.7. The SMILES string of the molecule is O=C(O)[C@@H]1Cc2cc(-c3ccc(Cl)s3)ccc2O[C@@H]1C(F)(F)F. The first kappa shape index (κ1) is 16.1. The van der Waals surface area contributed by atoms with E-state index in [4.69, 9.17) is 21.4 Å². The number of carbonyl (C=O) groups is 1. The maximum atomic E-state index is 13.0. The number of benzene rings is 1. The fourth-order valence-electron chi connectivity index (χ4n) is 2.55. The zero-order valence-electron chi connectivity index (χ0n) is 11.4. The molecule has 0 fully saturated rings. The van der Waals surface area contributed by atoms with Crippen LogP contribution in [0.25, 0.3) is 10.4 Å². The van der Waals surface area contributed by atoms with Gasteiger partial charge in [-0.15, -0.1) is 11.3 Å². The number of halogens is 4. The molecule has 0 amide bonds. The monoisotopic (exact) mass is 362 g/mol. The van der Waals surface area contributed by atoms with E-state index < -0.39 is 24.2 Å². The zero-order valence-corrected chi connectivity index (χ0v) is 13.0. The summed E-state index contributed by atoms with van der Waals surface area (Å²) in [6, 6.07) is 8.24. The number of aliphatic carboxylic acids is 1. The van der Waals surface area contributed by atoms with Crippen molar-refractivity contribution in [1.29, 1.82) is 0 Å². The van der Waals surface area contributed by atoms with E-state index in [0.29, 0.717) is 9.90 Å². The minimum Gasteiger partial charge on any atom is -0.481 e. The topological polar surface area (TPSA) is 46.5 Å². The molecule has 23 heavy (non-hydrogen) atoms. The number of carboxylic acid groups (broad SMARTS) is 1. The number of alkyl halides is 3. The number of carboxylic acids is 1. The molecule has 0 radical (unpaired) electrons. The van der Waals surface area contributed by atoms with E-state index in [0.717, 1.165) is 10.4 Å². The van der Waals surface area contributed by atoms with Crippen molar-refractivity contribution in [3.05, 3.63) is 40.2 Å². The van der Waals surface area contributed by atoms with E-state index in [9.17, 15) is 18.0 Å². The summed E-state index contributed by atoms with van der Waals surface area (Å²) in [5, 5.41) is 9.09. The zero-order chi connectivity index (χ0) is 16.8. The molecule has 3 nitrogen and oxygen atoms in total. The molecule has 0 saturated heterocycles. The van der Waals surface area contributed by atoms with Crippen LogP contribution in [0.2, 0.25) is 4.34 Å². The van der Waals surface area contributed by atoms with Crippen molar-refractivity contribution in [2.75, 3.05) is 0 Å². The summed E-state index contributed by atoms with van der Waals surface area (Å²) in [6.07, 6.45) is -7.31. The Labute approximate surface area is 138 Å². The smallest absolute Gasteiger partial charge is 0.426 e. The third-order valence-corrected chi connectivity index (χ3v) is 4.90. The first-order valence-corrected chi connectivity index (χ1v) is 7.80. The molecule has 2 aromatic rings. The fraction of sp³-hybridized carbons (Fsp3) is 0.267. The van der Waals surface area contributed by atoms with Gasteiger partial charge >= 0.3 is 12.1 Å². The van der Waals surface area contributed by atoms with Crippen molar-refractivity contribution in [1.82, 2.24) is 0 Å². The molecule has 2 heterocycles. The number of thiophene rings is 1. The van der Waals surface area contributed by atoms with Gasteiger partial charge in [-0.05, 0) is 47.9 Å². The summed E-state index contributed by atoms with van der Waals surface area (Å²) in [7, 11) is 0. The van der Waals surface area contributed by atoms with Crippen LogP contribution in [0.5, 0.6) is 5.75 Å². The minimum atomic E-state index is -4.74. The van der Waals surface area contributed by atoms with E-state index in [2.05, 4.69) is 0 Å². The summed E-state index contributed by atoms with van der Waals surface area (Å²) in [5.74, 6) is -3.12. The number of hydrogen-bond acceptors (Lipinski definition) is 3. The van der Waals surface area contributed by atoms with Gasteiger partial charge < -0.3 is 9.84 Å². The molecule has 8 heteroatoms. The van der Waals surface area contributed by atoms with Gasteiger partial charge in [-0.2, -0.15) is 13.2 Å². The molecule has 0 unspecified atom stereocenters. The summed E-state index contributed by atoms with van der Waals surface area (Å²) < 4.78 is 44.5. The average Bonchev–Trinajstić information content (AvgIpc) is 2.91. The van der Waals surface area contributed by atoms with Crippen LogP contribution in [0, 0.1) is 5.92 Å². The molecular formula is C15H10ClF3O3S.